The van der Waals surface area contributed by atoms with Gasteiger partial charge in [0.15, 0.2) is 12.6 Å². The molecule has 2 aromatic carbocycles. The molecular weight excluding hydrogens is 1080 g/mol. The van der Waals surface area contributed by atoms with Crippen LogP contribution >= 0.6 is 19.1 Å². The highest BCUT2D eigenvalue weighted by molar-refractivity contribution is 8.09. The number of aliphatic carboxylic acids is 5. The van der Waals surface area contributed by atoms with Gasteiger partial charge in [-0.05, 0) is 55.7 Å². The topological polar surface area (TPSA) is 385 Å². The maximum Gasteiger partial charge on any atom is 0.333 e. The monoisotopic (exact) mass is 1150 g/mol. The zero-order valence-corrected chi connectivity index (χ0v) is 46.2. The van der Waals surface area contributed by atoms with Crippen LogP contribution in [0.1, 0.15) is 81.8 Å². The van der Waals surface area contributed by atoms with Gasteiger partial charge < -0.3 is 71.3 Å². The van der Waals surface area contributed by atoms with Crippen molar-refractivity contribution in [3.05, 3.63) is 71.8 Å². The average Bonchev–Trinajstić information content (AvgIpc) is 3.38. The lowest BCUT2D eigenvalue weighted by molar-refractivity contribution is -0.154. The zero-order chi connectivity index (χ0) is 58.5. The number of hydrogen-bond donors (Lipinski definition) is 12. The van der Waals surface area contributed by atoms with Crippen molar-refractivity contribution in [2.24, 2.45) is 5.92 Å². The molecule has 0 spiro atoms. The molecule has 11 N–H and O–H groups in total. The van der Waals surface area contributed by atoms with Gasteiger partial charge >= 0.3 is 29.8 Å². The third-order valence-electron chi connectivity index (χ3n) is 12.3. The highest BCUT2D eigenvalue weighted by Gasteiger charge is 2.38. The lowest BCUT2D eigenvalue weighted by atomic mass is 10.0. The Morgan fingerprint density at radius 2 is 1.17 bits per heavy atom. The van der Waals surface area contributed by atoms with Crippen LogP contribution < -0.4 is 26.6 Å². The van der Waals surface area contributed by atoms with E-state index in [9.17, 15) is 78.1 Å². The van der Waals surface area contributed by atoms with Crippen LogP contribution in [0.3, 0.4) is 0 Å². The third-order valence-corrected chi connectivity index (χ3v) is 14.9. The van der Waals surface area contributed by atoms with E-state index in [2.05, 4.69) is 39.2 Å². The summed E-state index contributed by atoms with van der Waals surface area (Å²) >= 11 is 8.95. The number of carboxylic acid groups (broad SMARTS) is 5. The fraction of sp³-hybridized carbons (Fsp3) is 0.540. The maximum atomic E-state index is 14.1. The third kappa shape index (κ3) is 25.3. The Labute approximate surface area is 462 Å². The Kier molecular flexibility index (Phi) is 30.4. The fourth-order valence-corrected chi connectivity index (χ4v) is 10.7. The fourth-order valence-electron chi connectivity index (χ4n) is 7.86. The van der Waals surface area contributed by atoms with Crippen LogP contribution in [0.25, 0.3) is 0 Å². The molecule has 432 valence electrons. The minimum absolute atomic E-state index is 0.0107. The number of unbranched alkanes of at least 4 members (excludes halogenated alkanes) is 4. The van der Waals surface area contributed by atoms with E-state index in [-0.39, 0.29) is 50.8 Å². The number of likely N-dealkylation sites (N-methyl/N-ethyl adjacent to an activating group) is 3. The number of amides is 6. The largest absolute Gasteiger partial charge is 0.481 e. The molecule has 0 aliphatic carbocycles. The van der Waals surface area contributed by atoms with Crippen molar-refractivity contribution >= 4 is 96.2 Å². The molecule has 0 heterocycles. The van der Waals surface area contributed by atoms with Gasteiger partial charge in [0.1, 0.15) is 30.2 Å². The predicted octanol–water partition coefficient (Wildman–Crippen LogP) is 0.863. The van der Waals surface area contributed by atoms with Gasteiger partial charge in [0, 0.05) is 71.2 Å². The molecule has 6 amide bonds. The van der Waals surface area contributed by atoms with Crippen molar-refractivity contribution in [3.8, 4) is 0 Å². The molecule has 8 atom stereocenters. The van der Waals surface area contributed by atoms with Crippen LogP contribution in [-0.4, -0.2) is 188 Å². The SMILES string of the molecule is CN[C@@H](CNC(=O)[C@H](Cc1ccccc1)NC(=O)[C@H](Cc1ccccc1)NC(=O)CCCCCCCNC(=O)CC[C@@H](OP(O)(=S)CC(CCC(=O)O)C(=O)O)C(=O)O)C(=O)N(C)[C@@H](CC(=O)O)C(=O)N(C)[C@@H](CS)C(=O)O. The van der Waals surface area contributed by atoms with Gasteiger partial charge in [0.05, 0.1) is 12.3 Å². The first kappa shape index (κ1) is 67.6. The number of nitrogens with zero attached hydrogens (tertiary/aromatic N) is 2. The van der Waals surface area contributed by atoms with Gasteiger partial charge in [0.25, 0.3) is 0 Å². The molecule has 2 rings (SSSR count). The Balaban J connectivity index is 2.04. The maximum absolute atomic E-state index is 14.1. The van der Waals surface area contributed by atoms with E-state index in [0.29, 0.717) is 43.2 Å². The smallest absolute Gasteiger partial charge is 0.333 e. The second kappa shape index (κ2) is 35.1. The molecule has 0 aromatic heterocycles. The summed E-state index contributed by atoms with van der Waals surface area (Å²) in [5.41, 5.74) is 1.37. The molecule has 2 unspecified atom stereocenters. The first-order chi connectivity index (χ1) is 36.8. The Morgan fingerprint density at radius 1 is 0.615 bits per heavy atom. The van der Waals surface area contributed by atoms with Crippen LogP contribution in [-0.2, 0) is 81.9 Å². The van der Waals surface area contributed by atoms with E-state index in [0.717, 1.165) is 16.8 Å². The lowest BCUT2D eigenvalue weighted by Gasteiger charge is -2.34. The normalized spacial score (nSPS) is 14.5. The number of benzene rings is 2. The molecule has 0 aliphatic rings. The highest BCUT2D eigenvalue weighted by atomic mass is 32.5. The van der Waals surface area contributed by atoms with E-state index in [1.807, 2.05) is 0 Å². The van der Waals surface area contributed by atoms with Crippen molar-refractivity contribution in [2.45, 2.75) is 120 Å². The Morgan fingerprint density at radius 3 is 1.68 bits per heavy atom. The quantitative estimate of drug-likeness (QED) is 0.0251. The second-order valence-electron chi connectivity index (χ2n) is 18.3. The van der Waals surface area contributed by atoms with Crippen molar-refractivity contribution in [2.75, 3.05) is 46.1 Å². The van der Waals surface area contributed by atoms with Crippen molar-refractivity contribution in [1.29, 1.82) is 0 Å². The van der Waals surface area contributed by atoms with Crippen LogP contribution in [0.5, 0.6) is 0 Å². The van der Waals surface area contributed by atoms with Gasteiger partial charge in [0.2, 0.25) is 35.4 Å². The van der Waals surface area contributed by atoms with Crippen LogP contribution in [0.2, 0.25) is 0 Å². The summed E-state index contributed by atoms with van der Waals surface area (Å²) in [6, 6.07) is 10.9. The van der Waals surface area contributed by atoms with E-state index in [4.69, 9.17) is 21.4 Å². The molecule has 0 radical (unpaired) electrons. The summed E-state index contributed by atoms with van der Waals surface area (Å²) in [5, 5.41) is 60.6. The number of carbonyl (C=O) groups excluding carboxylic acids is 6. The van der Waals surface area contributed by atoms with Gasteiger partial charge in [-0.3, -0.25) is 43.2 Å². The summed E-state index contributed by atoms with van der Waals surface area (Å²) in [5.74, 6) is -12.8. The summed E-state index contributed by atoms with van der Waals surface area (Å²) in [6.45, 7) is -4.15. The second-order valence-corrected chi connectivity index (χ2v) is 22.2. The molecule has 2 aromatic rings. The van der Waals surface area contributed by atoms with Crippen LogP contribution in [0.15, 0.2) is 60.7 Å². The molecule has 78 heavy (non-hydrogen) atoms. The minimum Gasteiger partial charge on any atom is -0.481 e. The van der Waals surface area contributed by atoms with Gasteiger partial charge in [-0.15, -0.1) is 0 Å². The molecular formula is C50H72N7O18PS2. The van der Waals surface area contributed by atoms with Gasteiger partial charge in [-0.1, -0.05) is 79.9 Å². The molecule has 0 saturated carbocycles. The van der Waals surface area contributed by atoms with E-state index >= 15 is 0 Å². The molecule has 28 heteroatoms. The number of hydrogen-bond acceptors (Lipinski definition) is 15. The number of carboxylic acids is 5. The van der Waals surface area contributed by atoms with E-state index in [1.165, 1.54) is 14.1 Å². The number of rotatable bonds is 39. The van der Waals surface area contributed by atoms with Crippen LogP contribution in [0.4, 0.5) is 0 Å². The van der Waals surface area contributed by atoms with Gasteiger partial charge in [-0.25, -0.2) is 9.59 Å². The summed E-state index contributed by atoms with van der Waals surface area (Å²) in [6.07, 6.45) is -1.77. The Hall–Kier alpha value is -6.51. The van der Waals surface area contributed by atoms with Gasteiger partial charge in [-0.2, -0.15) is 12.6 Å². The lowest BCUT2D eigenvalue weighted by Crippen LogP contribution is -2.59. The van der Waals surface area contributed by atoms with E-state index < -0.39 is 140 Å². The molecule has 0 bridgehead atoms. The van der Waals surface area contributed by atoms with Crippen LogP contribution in [0, 0.1) is 5.92 Å². The van der Waals surface area contributed by atoms with Crippen molar-refractivity contribution in [1.82, 2.24) is 36.4 Å². The molecule has 0 fully saturated rings. The first-order valence-electron chi connectivity index (χ1n) is 25.0. The first-order valence-corrected chi connectivity index (χ1v) is 28.4. The summed E-state index contributed by atoms with van der Waals surface area (Å²) in [7, 11) is 3.73. The van der Waals surface area contributed by atoms with Crippen molar-refractivity contribution in [3.63, 3.8) is 0 Å². The summed E-state index contributed by atoms with van der Waals surface area (Å²) < 4.78 is 5.19. The minimum atomic E-state index is -4.00. The predicted molar refractivity (Wildman–Crippen MR) is 289 cm³/mol. The standard InChI is InChI=1S/C50H72N7O18PS2/c1-51-36(46(66)56(2)37(27-43(62)63)47(67)57(3)38(30-77)49(70)71)28-53-44(64)34(25-31-15-9-7-10-16-31)55-45(65)35(26-32-17-11-8-12-18-32)54-41(59)19-13-5-4-6-14-24-52-40(58)22-21-39(50(72)73)75-76(74,78)29-33(48(68)69)20-23-42(60)61/h7-12,15-18,33-39,51,77H,4-6,13-14,19-30H2,1-3H3,(H,52,58)(H,53,64)(H,54,59)(H,55,65)(H,60,61)(H,62,63)(H,68,69)(H,70,71)(H,72,73)(H,74,78)/t33?,34-,35-,36-,37-,38-,39+,76?/m0/s1. The summed E-state index contributed by atoms with van der Waals surface area (Å²) in [4.78, 5) is 151. The van der Waals surface area contributed by atoms with Crippen molar-refractivity contribution < 1.29 is 87.7 Å². The number of thiol groups is 1. The Bertz CT molecular complexity index is 2410. The molecule has 25 nitrogen and oxygen atoms in total. The number of nitrogens with one attached hydrogen (secondary N) is 5. The molecule has 0 aliphatic heterocycles. The van der Waals surface area contributed by atoms with E-state index in [1.54, 1.807) is 60.7 Å². The number of carbonyl (C=O) groups is 11. The highest BCUT2D eigenvalue weighted by Crippen LogP contribution is 2.47. The zero-order valence-electron chi connectivity index (χ0n) is 43.6. The molecule has 0 saturated heterocycles. The average molecular weight is 1150 g/mol.